The third-order valence-corrected chi connectivity index (χ3v) is 6.63. The molecule has 1 aliphatic carbocycles. The van der Waals surface area contributed by atoms with Gasteiger partial charge >= 0.3 is 0 Å². The molecule has 1 heterocycles. The summed E-state index contributed by atoms with van der Waals surface area (Å²) in [6, 6.07) is 14.0. The predicted molar refractivity (Wildman–Crippen MR) is 121 cm³/mol. The van der Waals surface area contributed by atoms with E-state index in [4.69, 9.17) is 16.3 Å². The molecule has 5 nitrogen and oxygen atoms in total. The van der Waals surface area contributed by atoms with E-state index >= 15 is 0 Å². The molecule has 0 spiro atoms. The number of nitrogens with one attached hydrogen (secondary N) is 2. The van der Waals surface area contributed by atoms with Crippen LogP contribution >= 0.6 is 22.9 Å². The average molecular weight is 441 g/mol. The minimum absolute atomic E-state index is 0.228. The number of carbonyl (C=O) groups is 2. The number of hydrogen-bond acceptors (Lipinski definition) is 4. The molecular formula is C23H21ClN2O3S. The van der Waals surface area contributed by atoms with Crippen LogP contribution < -0.4 is 15.4 Å². The monoisotopic (exact) mass is 440 g/mol. The summed E-state index contributed by atoms with van der Waals surface area (Å²) in [5, 5.41) is 6.81. The lowest BCUT2D eigenvalue weighted by molar-refractivity contribution is 0.102. The Balaban J connectivity index is 1.64. The van der Waals surface area contributed by atoms with Gasteiger partial charge in [-0.2, -0.15) is 0 Å². The van der Waals surface area contributed by atoms with Crippen LogP contribution in [0.5, 0.6) is 5.75 Å². The zero-order valence-electron chi connectivity index (χ0n) is 16.5. The van der Waals surface area contributed by atoms with E-state index in [0.717, 1.165) is 36.1 Å². The molecule has 1 aromatic heterocycles. The molecule has 0 unspecified atom stereocenters. The van der Waals surface area contributed by atoms with Crippen molar-refractivity contribution in [3.05, 3.63) is 75.1 Å². The molecule has 4 rings (SSSR count). The van der Waals surface area contributed by atoms with Crippen molar-refractivity contribution < 1.29 is 14.3 Å². The van der Waals surface area contributed by atoms with E-state index in [2.05, 4.69) is 10.6 Å². The van der Waals surface area contributed by atoms with Crippen molar-refractivity contribution >= 4 is 45.4 Å². The van der Waals surface area contributed by atoms with Gasteiger partial charge in [-0.3, -0.25) is 9.59 Å². The van der Waals surface area contributed by atoms with Gasteiger partial charge in [0.25, 0.3) is 11.8 Å². The molecular weight excluding hydrogens is 420 g/mol. The van der Waals surface area contributed by atoms with Crippen LogP contribution in [0, 0.1) is 0 Å². The molecule has 1 aliphatic rings. The van der Waals surface area contributed by atoms with Crippen molar-refractivity contribution in [2.75, 3.05) is 17.7 Å². The van der Waals surface area contributed by atoms with E-state index in [-0.39, 0.29) is 11.8 Å². The summed E-state index contributed by atoms with van der Waals surface area (Å²) < 4.78 is 5.17. The van der Waals surface area contributed by atoms with E-state index in [1.165, 1.54) is 11.3 Å². The number of thiophene rings is 1. The fourth-order valence-electron chi connectivity index (χ4n) is 3.58. The first-order valence-electron chi connectivity index (χ1n) is 9.72. The summed E-state index contributed by atoms with van der Waals surface area (Å²) in [6.07, 6.45) is 3.87. The second-order valence-corrected chi connectivity index (χ2v) is 8.54. The predicted octanol–water partition coefficient (Wildman–Crippen LogP) is 5.79. The van der Waals surface area contributed by atoms with E-state index < -0.39 is 0 Å². The van der Waals surface area contributed by atoms with Crippen molar-refractivity contribution in [3.8, 4) is 5.75 Å². The maximum absolute atomic E-state index is 13.2. The Hall–Kier alpha value is -2.83. The molecule has 2 aromatic carbocycles. The molecule has 0 radical (unpaired) electrons. The van der Waals surface area contributed by atoms with Gasteiger partial charge in [0.1, 0.15) is 10.8 Å². The number of halogens is 1. The first kappa shape index (κ1) is 20.4. The van der Waals surface area contributed by atoms with Crippen LogP contribution in [-0.4, -0.2) is 18.9 Å². The number of benzene rings is 2. The minimum Gasteiger partial charge on any atom is -0.497 e. The van der Waals surface area contributed by atoms with Crippen LogP contribution in [0.3, 0.4) is 0 Å². The highest BCUT2D eigenvalue weighted by Gasteiger charge is 2.27. The highest BCUT2D eigenvalue weighted by molar-refractivity contribution is 7.17. The lowest BCUT2D eigenvalue weighted by Crippen LogP contribution is -2.18. The van der Waals surface area contributed by atoms with Crippen LogP contribution in [0.25, 0.3) is 0 Å². The molecule has 0 saturated carbocycles. The zero-order chi connectivity index (χ0) is 21.1. The highest BCUT2D eigenvalue weighted by atomic mass is 35.5. The topological polar surface area (TPSA) is 67.4 Å². The zero-order valence-corrected chi connectivity index (χ0v) is 18.0. The lowest BCUT2D eigenvalue weighted by atomic mass is 9.95. The van der Waals surface area contributed by atoms with Crippen molar-refractivity contribution in [2.45, 2.75) is 25.7 Å². The Morgan fingerprint density at radius 1 is 0.967 bits per heavy atom. The van der Waals surface area contributed by atoms with Crippen LogP contribution in [0.1, 0.15) is 44.0 Å². The van der Waals surface area contributed by atoms with Gasteiger partial charge in [-0.25, -0.2) is 0 Å². The highest BCUT2D eigenvalue weighted by Crippen LogP contribution is 2.39. The number of ether oxygens (including phenoxy) is 1. The number of anilines is 2. The summed E-state index contributed by atoms with van der Waals surface area (Å²) >= 11 is 7.65. The average Bonchev–Trinajstić information content (AvgIpc) is 3.12. The van der Waals surface area contributed by atoms with Gasteiger partial charge in [0.2, 0.25) is 0 Å². The Bertz CT molecular complexity index is 1090. The number of methoxy groups -OCH3 is 1. The first-order chi connectivity index (χ1) is 14.6. The standard InChI is InChI=1S/C23H21ClN2O3S/c1-29-15-12-10-14(11-13-15)25-22(28)20-17-7-3-5-9-19(17)30-23(20)26-21(27)16-6-2-4-8-18(16)24/h2,4,6,8,10-13H,3,5,7,9H2,1H3,(H,25,28)(H,26,27). The smallest absolute Gasteiger partial charge is 0.258 e. The third-order valence-electron chi connectivity index (χ3n) is 5.09. The van der Waals surface area contributed by atoms with Crippen LogP contribution in [0.15, 0.2) is 48.5 Å². The van der Waals surface area contributed by atoms with E-state index in [1.54, 1.807) is 55.6 Å². The number of carbonyl (C=O) groups excluding carboxylic acids is 2. The molecule has 0 aliphatic heterocycles. The summed E-state index contributed by atoms with van der Waals surface area (Å²) in [5.74, 6) is 0.167. The molecule has 0 bridgehead atoms. The number of amides is 2. The van der Waals surface area contributed by atoms with Crippen molar-refractivity contribution in [1.29, 1.82) is 0 Å². The summed E-state index contributed by atoms with van der Waals surface area (Å²) in [6.45, 7) is 0. The quantitative estimate of drug-likeness (QED) is 0.527. The molecule has 154 valence electrons. The molecule has 7 heteroatoms. The first-order valence-corrected chi connectivity index (χ1v) is 10.9. The molecule has 0 fully saturated rings. The third kappa shape index (κ3) is 4.20. The van der Waals surface area contributed by atoms with Gasteiger partial charge in [-0.05, 0) is 67.6 Å². The summed E-state index contributed by atoms with van der Waals surface area (Å²) in [4.78, 5) is 27.2. The summed E-state index contributed by atoms with van der Waals surface area (Å²) in [7, 11) is 1.60. The normalized spacial score (nSPS) is 12.7. The SMILES string of the molecule is COc1ccc(NC(=O)c2c(NC(=O)c3ccccc3Cl)sc3c2CCCC3)cc1. The minimum atomic E-state index is -0.322. The molecule has 0 saturated heterocycles. The lowest BCUT2D eigenvalue weighted by Gasteiger charge is -2.13. The van der Waals surface area contributed by atoms with Crippen molar-refractivity contribution in [1.82, 2.24) is 0 Å². The van der Waals surface area contributed by atoms with Crippen LogP contribution in [0.4, 0.5) is 10.7 Å². The van der Waals surface area contributed by atoms with Gasteiger partial charge in [0.05, 0.1) is 23.3 Å². The Kier molecular flexibility index (Phi) is 6.06. The van der Waals surface area contributed by atoms with Gasteiger partial charge in [-0.15, -0.1) is 11.3 Å². The molecule has 3 aromatic rings. The second-order valence-electron chi connectivity index (χ2n) is 7.03. The van der Waals surface area contributed by atoms with Crippen LogP contribution in [0.2, 0.25) is 5.02 Å². The van der Waals surface area contributed by atoms with Crippen LogP contribution in [-0.2, 0) is 12.8 Å². The van der Waals surface area contributed by atoms with Gasteiger partial charge < -0.3 is 15.4 Å². The maximum Gasteiger partial charge on any atom is 0.258 e. The maximum atomic E-state index is 13.2. The second kappa shape index (κ2) is 8.90. The largest absolute Gasteiger partial charge is 0.497 e. The van der Waals surface area contributed by atoms with E-state index in [0.29, 0.717) is 32.6 Å². The number of fused-ring (bicyclic) bond motifs is 1. The fraction of sp³-hybridized carbons (Fsp3) is 0.217. The van der Waals surface area contributed by atoms with Gasteiger partial charge in [-0.1, -0.05) is 23.7 Å². The Labute approximate surface area is 184 Å². The van der Waals surface area contributed by atoms with Crippen molar-refractivity contribution in [2.24, 2.45) is 0 Å². The van der Waals surface area contributed by atoms with E-state index in [9.17, 15) is 9.59 Å². The number of rotatable bonds is 5. The number of hydrogen-bond donors (Lipinski definition) is 2. The molecule has 2 N–H and O–H groups in total. The van der Waals surface area contributed by atoms with Gasteiger partial charge in [0, 0.05) is 10.6 Å². The summed E-state index contributed by atoms with van der Waals surface area (Å²) in [5.41, 5.74) is 2.63. The van der Waals surface area contributed by atoms with E-state index in [1.807, 2.05) is 0 Å². The van der Waals surface area contributed by atoms with Gasteiger partial charge in [0.15, 0.2) is 0 Å². The fourth-order valence-corrected chi connectivity index (χ4v) is 5.08. The Morgan fingerprint density at radius 2 is 1.70 bits per heavy atom. The Morgan fingerprint density at radius 3 is 2.43 bits per heavy atom. The molecule has 30 heavy (non-hydrogen) atoms. The molecule has 2 amide bonds. The van der Waals surface area contributed by atoms with Crippen molar-refractivity contribution in [3.63, 3.8) is 0 Å². The molecule has 0 atom stereocenters. The number of aryl methyl sites for hydroxylation is 1.